The van der Waals surface area contributed by atoms with Crippen molar-refractivity contribution in [2.45, 2.75) is 0 Å². The number of nitrogens with one attached hydrogen (secondary N) is 1. The van der Waals surface area contributed by atoms with Gasteiger partial charge in [0, 0.05) is 9.86 Å². The third kappa shape index (κ3) is 4.08. The molecule has 9 heteroatoms. The minimum atomic E-state index is -0.487. The normalized spacial score (nSPS) is 11.4. The third-order valence-corrected chi connectivity index (χ3v) is 5.12. The Kier molecular flexibility index (Phi) is 5.52. The van der Waals surface area contributed by atoms with Crippen LogP contribution in [0.15, 0.2) is 53.3 Å². The zero-order valence-electron chi connectivity index (χ0n) is 12.2. The van der Waals surface area contributed by atoms with E-state index in [-0.39, 0.29) is 16.5 Å². The molecule has 1 heterocycles. The zero-order valence-corrected chi connectivity index (χ0v) is 17.7. The van der Waals surface area contributed by atoms with Gasteiger partial charge >= 0.3 is 5.91 Å². The SMILES string of the molecule is O=C(N/N=C\c1cc(Cl)c(O)c(Br)c1)c1cc2cc(Br)cc(Br)c2o1. The topological polar surface area (TPSA) is 74.8 Å². The van der Waals surface area contributed by atoms with Crippen LogP contribution in [0.1, 0.15) is 16.1 Å². The molecule has 1 amide bonds. The van der Waals surface area contributed by atoms with Crippen molar-refractivity contribution >= 4 is 82.5 Å². The number of hydrazone groups is 1. The van der Waals surface area contributed by atoms with Crippen LogP contribution in [-0.2, 0) is 0 Å². The molecule has 0 bridgehead atoms. The Balaban J connectivity index is 1.78. The molecule has 3 aromatic rings. The number of benzene rings is 2. The Labute approximate surface area is 172 Å². The molecule has 25 heavy (non-hydrogen) atoms. The van der Waals surface area contributed by atoms with E-state index in [1.807, 2.05) is 12.1 Å². The number of phenolic OH excluding ortho intramolecular Hbond substituents is 1. The highest BCUT2D eigenvalue weighted by atomic mass is 79.9. The van der Waals surface area contributed by atoms with E-state index >= 15 is 0 Å². The molecule has 3 rings (SSSR count). The van der Waals surface area contributed by atoms with Gasteiger partial charge in [-0.15, -0.1) is 0 Å². The molecule has 0 saturated carbocycles. The summed E-state index contributed by atoms with van der Waals surface area (Å²) in [6.07, 6.45) is 1.41. The van der Waals surface area contributed by atoms with Crippen molar-refractivity contribution in [3.63, 3.8) is 0 Å². The monoisotopic (exact) mass is 548 g/mol. The van der Waals surface area contributed by atoms with Gasteiger partial charge in [0.15, 0.2) is 5.76 Å². The van der Waals surface area contributed by atoms with Crippen LogP contribution in [0.4, 0.5) is 0 Å². The maximum absolute atomic E-state index is 12.2. The maximum Gasteiger partial charge on any atom is 0.307 e. The molecule has 0 unspecified atom stereocenters. The molecule has 0 radical (unpaired) electrons. The van der Waals surface area contributed by atoms with Crippen LogP contribution in [0.25, 0.3) is 11.0 Å². The molecule has 2 N–H and O–H groups in total. The summed E-state index contributed by atoms with van der Waals surface area (Å²) in [6.45, 7) is 0. The molecule has 128 valence electrons. The predicted molar refractivity (Wildman–Crippen MR) is 107 cm³/mol. The number of aromatic hydroxyl groups is 1. The summed E-state index contributed by atoms with van der Waals surface area (Å²) in [5.41, 5.74) is 3.56. The highest BCUT2D eigenvalue weighted by Crippen LogP contribution is 2.33. The van der Waals surface area contributed by atoms with Gasteiger partial charge in [-0.3, -0.25) is 4.79 Å². The summed E-state index contributed by atoms with van der Waals surface area (Å²) < 4.78 is 7.59. The minimum Gasteiger partial charge on any atom is -0.505 e. The van der Waals surface area contributed by atoms with Crippen LogP contribution in [-0.4, -0.2) is 17.2 Å². The van der Waals surface area contributed by atoms with Crippen LogP contribution in [0, 0.1) is 0 Å². The van der Waals surface area contributed by atoms with E-state index in [9.17, 15) is 9.90 Å². The van der Waals surface area contributed by atoms with Gasteiger partial charge in [-0.2, -0.15) is 5.10 Å². The quantitative estimate of drug-likeness (QED) is 0.317. The Morgan fingerprint density at radius 2 is 1.92 bits per heavy atom. The number of halogens is 4. The number of carbonyl (C=O) groups excluding carboxylic acids is 1. The summed E-state index contributed by atoms with van der Waals surface area (Å²) in [5, 5.41) is 14.4. The largest absolute Gasteiger partial charge is 0.505 e. The van der Waals surface area contributed by atoms with Crippen molar-refractivity contribution in [2.75, 3.05) is 0 Å². The summed E-state index contributed by atoms with van der Waals surface area (Å²) in [5.74, 6) is -0.405. The van der Waals surface area contributed by atoms with Crippen molar-refractivity contribution < 1.29 is 14.3 Å². The second-order valence-corrected chi connectivity index (χ2v) is 7.98. The van der Waals surface area contributed by atoms with E-state index in [1.165, 1.54) is 12.3 Å². The average Bonchev–Trinajstić information content (AvgIpc) is 2.96. The first-order valence-electron chi connectivity index (χ1n) is 6.75. The van der Waals surface area contributed by atoms with Crippen molar-refractivity contribution in [1.29, 1.82) is 0 Å². The van der Waals surface area contributed by atoms with Crippen LogP contribution < -0.4 is 5.43 Å². The van der Waals surface area contributed by atoms with Crippen molar-refractivity contribution in [3.8, 4) is 5.75 Å². The van der Waals surface area contributed by atoms with Crippen LogP contribution in [0.5, 0.6) is 5.75 Å². The average molecular weight is 551 g/mol. The first-order valence-corrected chi connectivity index (χ1v) is 9.51. The molecule has 0 spiro atoms. The van der Waals surface area contributed by atoms with Gasteiger partial charge in [0.25, 0.3) is 0 Å². The first-order chi connectivity index (χ1) is 11.8. The van der Waals surface area contributed by atoms with Gasteiger partial charge < -0.3 is 9.52 Å². The number of carbonyl (C=O) groups is 1. The van der Waals surface area contributed by atoms with Crippen LogP contribution >= 0.6 is 59.4 Å². The Morgan fingerprint density at radius 3 is 2.64 bits per heavy atom. The lowest BCUT2D eigenvalue weighted by Gasteiger charge is -2.01. The van der Waals surface area contributed by atoms with E-state index in [4.69, 9.17) is 16.0 Å². The lowest BCUT2D eigenvalue weighted by molar-refractivity contribution is 0.0929. The Bertz CT molecular complexity index is 994. The molecule has 0 saturated heterocycles. The van der Waals surface area contributed by atoms with Crippen molar-refractivity contribution in [2.24, 2.45) is 5.10 Å². The predicted octanol–water partition coefficient (Wildman–Crippen LogP) is 5.84. The van der Waals surface area contributed by atoms with Gasteiger partial charge in [-0.25, -0.2) is 5.43 Å². The smallest absolute Gasteiger partial charge is 0.307 e. The maximum atomic E-state index is 12.2. The highest BCUT2D eigenvalue weighted by molar-refractivity contribution is 9.11. The molecule has 0 atom stereocenters. The van der Waals surface area contributed by atoms with E-state index in [0.29, 0.717) is 15.6 Å². The molecular formula is C16H8Br3ClN2O3. The second kappa shape index (κ2) is 7.49. The molecule has 0 aliphatic heterocycles. The molecular weight excluding hydrogens is 543 g/mol. The summed E-state index contributed by atoms with van der Waals surface area (Å²) >= 11 is 15.8. The standard InChI is InChI=1S/C16H8Br3ClN2O3/c17-9-3-8-4-13(25-15(8)11(19)5-9)16(24)22-21-6-7-1-10(18)14(23)12(20)2-7/h1-6,23H,(H,22,24)/b21-6-. The lowest BCUT2D eigenvalue weighted by atomic mass is 10.2. The van der Waals surface area contributed by atoms with Gasteiger partial charge in [-0.05, 0) is 67.8 Å². The minimum absolute atomic E-state index is 0.0538. The summed E-state index contributed by atoms with van der Waals surface area (Å²) in [7, 11) is 0. The van der Waals surface area contributed by atoms with Crippen LogP contribution in [0.2, 0.25) is 5.02 Å². The number of amides is 1. The lowest BCUT2D eigenvalue weighted by Crippen LogP contribution is -2.16. The number of hydrogen-bond donors (Lipinski definition) is 2. The Hall–Kier alpha value is -1.35. The first kappa shape index (κ1) is 18.4. The van der Waals surface area contributed by atoms with Gasteiger partial charge in [0.1, 0.15) is 11.3 Å². The van der Waals surface area contributed by atoms with E-state index in [0.717, 1.165) is 14.3 Å². The summed E-state index contributed by atoms with van der Waals surface area (Å²) in [6, 6.07) is 8.45. The second-order valence-electron chi connectivity index (χ2n) is 4.95. The fourth-order valence-electron chi connectivity index (χ4n) is 2.07. The molecule has 0 aliphatic carbocycles. The Morgan fingerprint density at radius 1 is 1.16 bits per heavy atom. The summed E-state index contributed by atoms with van der Waals surface area (Å²) in [4.78, 5) is 12.2. The van der Waals surface area contributed by atoms with Crippen LogP contribution in [0.3, 0.4) is 0 Å². The molecule has 0 fully saturated rings. The molecule has 2 aromatic carbocycles. The van der Waals surface area contributed by atoms with Gasteiger partial charge in [0.05, 0.1) is 20.2 Å². The number of rotatable bonds is 3. The van der Waals surface area contributed by atoms with E-state index in [1.54, 1.807) is 12.1 Å². The van der Waals surface area contributed by atoms with E-state index in [2.05, 4.69) is 58.3 Å². The van der Waals surface area contributed by atoms with Gasteiger partial charge in [0.2, 0.25) is 0 Å². The van der Waals surface area contributed by atoms with Crippen molar-refractivity contribution in [1.82, 2.24) is 5.43 Å². The molecule has 1 aromatic heterocycles. The number of furan rings is 1. The number of fused-ring (bicyclic) bond motifs is 1. The molecule has 0 aliphatic rings. The van der Waals surface area contributed by atoms with Crippen molar-refractivity contribution in [3.05, 3.63) is 60.1 Å². The fraction of sp³-hybridized carbons (Fsp3) is 0. The highest BCUT2D eigenvalue weighted by Gasteiger charge is 2.14. The number of nitrogens with zero attached hydrogens (tertiary/aromatic N) is 1. The number of hydrogen-bond acceptors (Lipinski definition) is 4. The fourth-order valence-corrected chi connectivity index (χ4v) is 4.23. The van der Waals surface area contributed by atoms with E-state index < -0.39 is 5.91 Å². The third-order valence-electron chi connectivity index (χ3n) is 3.18. The molecule has 5 nitrogen and oxygen atoms in total. The van der Waals surface area contributed by atoms with Gasteiger partial charge in [-0.1, -0.05) is 27.5 Å². The zero-order chi connectivity index (χ0) is 18.1. The number of phenols is 1.